The molecule has 0 saturated carbocycles. The van der Waals surface area contributed by atoms with Gasteiger partial charge in [0.2, 0.25) is 5.91 Å². The topological polar surface area (TPSA) is 56.2 Å². The highest BCUT2D eigenvalue weighted by atomic mass is 32.2. The number of benzene rings is 1. The summed E-state index contributed by atoms with van der Waals surface area (Å²) in [5.41, 5.74) is 2.15. The van der Waals surface area contributed by atoms with E-state index in [1.165, 1.54) is 24.6 Å². The number of amides is 1. The molecule has 0 aliphatic rings. The third kappa shape index (κ3) is 6.65. The van der Waals surface area contributed by atoms with E-state index in [4.69, 9.17) is 9.72 Å². The summed E-state index contributed by atoms with van der Waals surface area (Å²) >= 11 is 1.52. The molecule has 1 amide bonds. The molecule has 1 heterocycles. The van der Waals surface area contributed by atoms with Crippen molar-refractivity contribution in [2.45, 2.75) is 64.3 Å². The number of carbonyl (C=O) groups excluding carboxylic acids is 1. The van der Waals surface area contributed by atoms with Crippen LogP contribution in [0.3, 0.4) is 0 Å². The lowest BCUT2D eigenvalue weighted by molar-refractivity contribution is -0.118. The van der Waals surface area contributed by atoms with E-state index in [9.17, 15) is 4.79 Å². The molecule has 0 radical (unpaired) electrons. The van der Waals surface area contributed by atoms with Crippen LogP contribution in [0.1, 0.15) is 46.5 Å². The Morgan fingerprint density at radius 2 is 2.08 bits per heavy atom. The predicted octanol–water partition coefficient (Wildman–Crippen LogP) is 4.25. The van der Waals surface area contributed by atoms with Crippen molar-refractivity contribution in [1.29, 1.82) is 0 Å². The molecule has 0 aliphatic carbocycles. The highest BCUT2D eigenvalue weighted by Gasteiger charge is 2.12. The zero-order chi connectivity index (χ0) is 18.8. The number of imidazole rings is 1. The quantitative estimate of drug-likeness (QED) is 0.444. The Labute approximate surface area is 160 Å². The van der Waals surface area contributed by atoms with Gasteiger partial charge in [0, 0.05) is 19.7 Å². The van der Waals surface area contributed by atoms with Crippen LogP contribution in [0.5, 0.6) is 0 Å². The maximum absolute atomic E-state index is 12.1. The van der Waals surface area contributed by atoms with Crippen LogP contribution >= 0.6 is 11.8 Å². The van der Waals surface area contributed by atoms with E-state index in [1.54, 1.807) is 0 Å². The van der Waals surface area contributed by atoms with E-state index >= 15 is 0 Å². The van der Waals surface area contributed by atoms with Crippen LogP contribution in [0.25, 0.3) is 11.0 Å². The number of thioether (sulfide) groups is 1. The van der Waals surface area contributed by atoms with Gasteiger partial charge in [0.1, 0.15) is 0 Å². The number of hydrogen-bond donors (Lipinski definition) is 1. The lowest BCUT2D eigenvalue weighted by Crippen LogP contribution is -2.27. The number of hydrogen-bond acceptors (Lipinski definition) is 4. The smallest absolute Gasteiger partial charge is 0.230 e. The van der Waals surface area contributed by atoms with Gasteiger partial charge in [-0.25, -0.2) is 4.98 Å². The Bertz CT molecular complexity index is 685. The number of carbonyl (C=O) groups is 1. The Balaban J connectivity index is 1.86. The average Bonchev–Trinajstić information content (AvgIpc) is 2.97. The fourth-order valence-electron chi connectivity index (χ4n) is 2.70. The summed E-state index contributed by atoms with van der Waals surface area (Å²) in [7, 11) is 0. The van der Waals surface area contributed by atoms with Crippen LogP contribution in [-0.2, 0) is 16.1 Å². The molecule has 0 saturated heterocycles. The van der Waals surface area contributed by atoms with Crippen LogP contribution in [0.15, 0.2) is 29.4 Å². The Kier molecular flexibility index (Phi) is 8.98. The van der Waals surface area contributed by atoms with Gasteiger partial charge in [-0.2, -0.15) is 0 Å². The number of nitrogens with zero attached hydrogens (tertiary/aromatic N) is 2. The van der Waals surface area contributed by atoms with Gasteiger partial charge >= 0.3 is 0 Å². The van der Waals surface area contributed by atoms with Crippen molar-refractivity contribution < 1.29 is 9.53 Å². The van der Waals surface area contributed by atoms with Crippen molar-refractivity contribution in [3.8, 4) is 0 Å². The number of rotatable bonds is 12. The zero-order valence-electron chi connectivity index (χ0n) is 16.2. The molecule has 6 heteroatoms. The molecule has 0 unspecified atom stereocenters. The van der Waals surface area contributed by atoms with Gasteiger partial charge in [-0.15, -0.1) is 0 Å². The van der Waals surface area contributed by atoms with Gasteiger partial charge in [-0.3, -0.25) is 4.79 Å². The predicted molar refractivity (Wildman–Crippen MR) is 109 cm³/mol. The maximum Gasteiger partial charge on any atom is 0.230 e. The summed E-state index contributed by atoms with van der Waals surface area (Å²) in [6, 6.07) is 8.18. The summed E-state index contributed by atoms with van der Waals surface area (Å²) in [4.78, 5) is 16.8. The molecular weight excluding hydrogens is 346 g/mol. The minimum Gasteiger partial charge on any atom is -0.379 e. The Hall–Kier alpha value is -1.53. The number of nitrogens with one attached hydrogen (secondary N) is 1. The third-order valence-electron chi connectivity index (χ3n) is 4.03. The largest absolute Gasteiger partial charge is 0.379 e. The zero-order valence-corrected chi connectivity index (χ0v) is 17.0. The fourth-order valence-corrected chi connectivity index (χ4v) is 3.57. The van der Waals surface area contributed by atoms with Crippen molar-refractivity contribution in [3.05, 3.63) is 24.3 Å². The first kappa shape index (κ1) is 20.8. The SMILES string of the molecule is CCCCCn1c(SCC(=O)NCCCOC(C)C)nc2ccccc21. The molecule has 0 aliphatic heterocycles. The minimum absolute atomic E-state index is 0.0479. The van der Waals surface area contributed by atoms with E-state index in [1.807, 2.05) is 32.0 Å². The molecule has 1 aromatic heterocycles. The minimum atomic E-state index is 0.0479. The first-order valence-corrected chi connectivity index (χ1v) is 10.6. The molecule has 0 atom stereocenters. The van der Waals surface area contributed by atoms with Gasteiger partial charge in [-0.1, -0.05) is 43.7 Å². The highest BCUT2D eigenvalue weighted by molar-refractivity contribution is 7.99. The Morgan fingerprint density at radius 3 is 2.85 bits per heavy atom. The van der Waals surface area contributed by atoms with E-state index in [0.29, 0.717) is 18.9 Å². The summed E-state index contributed by atoms with van der Waals surface area (Å²) < 4.78 is 7.73. The second-order valence-corrected chi connectivity index (χ2v) is 7.60. The molecule has 0 bridgehead atoms. The third-order valence-corrected chi connectivity index (χ3v) is 5.01. The van der Waals surface area contributed by atoms with Crippen LogP contribution in [0, 0.1) is 0 Å². The van der Waals surface area contributed by atoms with Gasteiger partial charge in [0.15, 0.2) is 5.16 Å². The molecule has 1 aromatic carbocycles. The maximum atomic E-state index is 12.1. The molecular formula is C20H31N3O2S. The molecule has 5 nitrogen and oxygen atoms in total. The van der Waals surface area contributed by atoms with Crippen LogP contribution in [0.2, 0.25) is 0 Å². The number of fused-ring (bicyclic) bond motifs is 1. The molecule has 0 spiro atoms. The molecule has 1 N–H and O–H groups in total. The summed E-state index contributed by atoms with van der Waals surface area (Å²) in [6.07, 6.45) is 4.60. The van der Waals surface area contributed by atoms with E-state index < -0.39 is 0 Å². The highest BCUT2D eigenvalue weighted by Crippen LogP contribution is 2.24. The van der Waals surface area contributed by atoms with E-state index in [-0.39, 0.29) is 12.0 Å². The standard InChI is InChI=1S/C20H31N3O2S/c1-4-5-8-13-23-18-11-7-6-10-17(18)22-20(23)26-15-19(24)21-12-9-14-25-16(2)3/h6-7,10-11,16H,4-5,8-9,12-15H2,1-3H3,(H,21,24). The van der Waals surface area contributed by atoms with Crippen molar-refractivity contribution in [2.24, 2.45) is 0 Å². The summed E-state index contributed by atoms with van der Waals surface area (Å²) in [6.45, 7) is 8.52. The Morgan fingerprint density at radius 1 is 1.27 bits per heavy atom. The monoisotopic (exact) mass is 377 g/mol. The van der Waals surface area contributed by atoms with Gasteiger partial charge in [0.25, 0.3) is 0 Å². The molecule has 2 aromatic rings. The number of unbranched alkanes of at least 4 members (excludes halogenated alkanes) is 2. The van der Waals surface area contributed by atoms with Crippen LogP contribution in [0.4, 0.5) is 0 Å². The summed E-state index contributed by atoms with van der Waals surface area (Å²) in [5.74, 6) is 0.439. The number of aryl methyl sites for hydroxylation is 1. The van der Waals surface area contributed by atoms with Gasteiger partial charge in [0.05, 0.1) is 22.9 Å². The molecule has 2 rings (SSSR count). The normalized spacial score (nSPS) is 11.4. The lowest BCUT2D eigenvalue weighted by atomic mass is 10.2. The van der Waals surface area contributed by atoms with Gasteiger partial charge < -0.3 is 14.6 Å². The average molecular weight is 378 g/mol. The molecule has 144 valence electrons. The first-order chi connectivity index (χ1) is 12.6. The van der Waals surface area contributed by atoms with Crippen LogP contribution < -0.4 is 5.32 Å². The second-order valence-electron chi connectivity index (χ2n) is 6.65. The number of para-hydroxylation sites is 2. The van der Waals surface area contributed by atoms with Crippen molar-refractivity contribution in [2.75, 3.05) is 18.9 Å². The number of aromatic nitrogens is 2. The number of ether oxygens (including phenoxy) is 1. The van der Waals surface area contributed by atoms with Crippen molar-refractivity contribution in [3.63, 3.8) is 0 Å². The second kappa shape index (κ2) is 11.2. The van der Waals surface area contributed by atoms with Gasteiger partial charge in [-0.05, 0) is 38.8 Å². The molecule has 26 heavy (non-hydrogen) atoms. The van der Waals surface area contributed by atoms with Crippen molar-refractivity contribution in [1.82, 2.24) is 14.9 Å². The van der Waals surface area contributed by atoms with Crippen molar-refractivity contribution >= 4 is 28.7 Å². The van der Waals surface area contributed by atoms with E-state index in [0.717, 1.165) is 35.6 Å². The summed E-state index contributed by atoms with van der Waals surface area (Å²) in [5, 5.41) is 3.89. The molecule has 0 fully saturated rings. The van der Waals surface area contributed by atoms with Crippen LogP contribution in [-0.4, -0.2) is 40.5 Å². The van der Waals surface area contributed by atoms with E-state index in [2.05, 4.69) is 22.9 Å². The lowest BCUT2D eigenvalue weighted by Gasteiger charge is -2.09. The first-order valence-electron chi connectivity index (χ1n) is 9.58. The fraction of sp³-hybridized carbons (Fsp3) is 0.600.